The number of hydrogen-bond donors (Lipinski definition) is 1. The van der Waals surface area contributed by atoms with Gasteiger partial charge in [0, 0.05) is 5.57 Å². The third kappa shape index (κ3) is 6.77. The monoisotopic (exact) mass is 230 g/mol. The van der Waals surface area contributed by atoms with Crippen LogP contribution in [0.3, 0.4) is 0 Å². The molecule has 0 radical (unpaired) electrons. The Morgan fingerprint density at radius 1 is 1.42 bits per heavy atom. The van der Waals surface area contributed by atoms with Crippen LogP contribution in [0.1, 0.15) is 19.3 Å². The fourth-order valence-corrected chi connectivity index (χ4v) is 1.01. The van der Waals surface area contributed by atoms with Gasteiger partial charge in [-0.15, -0.1) is 0 Å². The van der Waals surface area contributed by atoms with Gasteiger partial charge in [-0.3, -0.25) is 0 Å². The number of halogens is 3. The van der Waals surface area contributed by atoms with E-state index in [1.807, 2.05) is 0 Å². The van der Waals surface area contributed by atoms with Crippen molar-refractivity contribution in [1.29, 1.82) is 0 Å². The van der Waals surface area contributed by atoms with Gasteiger partial charge in [-0.25, -0.2) is 4.79 Å². The van der Waals surface area contributed by atoms with E-state index in [0.29, 0.717) is 19.3 Å². The molecule has 5 heteroatoms. The Labute approximate surface area is 86.1 Å². The van der Waals surface area contributed by atoms with Gasteiger partial charge < -0.3 is 5.11 Å². The molecular weight excluding hydrogens is 222 g/mol. The molecule has 70 valence electrons. The SMILES string of the molecule is C=C(CCCC(Cl)(Cl)Cl)C(=O)O. The Bertz CT molecular complexity index is 184. The van der Waals surface area contributed by atoms with Crippen LogP contribution in [0.2, 0.25) is 0 Å². The molecule has 1 N–H and O–H groups in total. The lowest BCUT2D eigenvalue weighted by Crippen LogP contribution is -2.04. The normalized spacial score (nSPS) is 11.2. The average Bonchev–Trinajstić information content (AvgIpc) is 1.84. The minimum absolute atomic E-state index is 0.143. The van der Waals surface area contributed by atoms with Crippen LogP contribution in [0.4, 0.5) is 0 Å². The maximum Gasteiger partial charge on any atom is 0.330 e. The first-order valence-corrected chi connectivity index (χ1v) is 4.44. The fraction of sp³-hybridized carbons (Fsp3) is 0.571. The molecule has 0 unspecified atom stereocenters. The summed E-state index contributed by atoms with van der Waals surface area (Å²) in [5, 5.41) is 8.41. The first-order chi connectivity index (χ1) is 5.33. The van der Waals surface area contributed by atoms with Crippen molar-refractivity contribution in [3.05, 3.63) is 12.2 Å². The molecular formula is C7H9Cl3O2. The largest absolute Gasteiger partial charge is 0.478 e. The molecule has 0 aromatic heterocycles. The third-order valence-electron chi connectivity index (χ3n) is 1.24. The summed E-state index contributed by atoms with van der Waals surface area (Å²) >= 11 is 16.3. The van der Waals surface area contributed by atoms with Crippen molar-refractivity contribution in [1.82, 2.24) is 0 Å². The highest BCUT2D eigenvalue weighted by molar-refractivity contribution is 6.67. The molecule has 0 aliphatic rings. The van der Waals surface area contributed by atoms with E-state index in [4.69, 9.17) is 39.9 Å². The van der Waals surface area contributed by atoms with Crippen LogP contribution in [0.25, 0.3) is 0 Å². The van der Waals surface area contributed by atoms with E-state index in [0.717, 1.165) is 0 Å². The quantitative estimate of drug-likeness (QED) is 0.596. The average molecular weight is 232 g/mol. The third-order valence-corrected chi connectivity index (χ3v) is 1.81. The van der Waals surface area contributed by atoms with E-state index in [1.165, 1.54) is 0 Å². The molecule has 2 nitrogen and oxygen atoms in total. The molecule has 0 aromatic carbocycles. The first-order valence-electron chi connectivity index (χ1n) is 3.31. The molecule has 12 heavy (non-hydrogen) atoms. The maximum absolute atomic E-state index is 10.3. The zero-order chi connectivity index (χ0) is 9.78. The van der Waals surface area contributed by atoms with Crippen LogP contribution in [0, 0.1) is 0 Å². The zero-order valence-electron chi connectivity index (χ0n) is 6.32. The lowest BCUT2D eigenvalue weighted by atomic mass is 10.1. The van der Waals surface area contributed by atoms with Crippen molar-refractivity contribution in [3.63, 3.8) is 0 Å². The Hall–Kier alpha value is 0.0800. The second-order valence-corrected chi connectivity index (χ2v) is 4.89. The summed E-state index contributed by atoms with van der Waals surface area (Å²) in [4.78, 5) is 10.3. The van der Waals surface area contributed by atoms with Gasteiger partial charge in [0.1, 0.15) is 0 Å². The van der Waals surface area contributed by atoms with Gasteiger partial charge in [0.05, 0.1) is 0 Å². The van der Waals surface area contributed by atoms with Crippen LogP contribution in [-0.4, -0.2) is 14.9 Å². The lowest BCUT2D eigenvalue weighted by molar-refractivity contribution is -0.132. The highest BCUT2D eigenvalue weighted by Crippen LogP contribution is 2.32. The van der Waals surface area contributed by atoms with Crippen LogP contribution in [-0.2, 0) is 4.79 Å². The minimum Gasteiger partial charge on any atom is -0.478 e. The molecule has 0 amide bonds. The van der Waals surface area contributed by atoms with E-state index in [1.54, 1.807) is 0 Å². The van der Waals surface area contributed by atoms with Crippen molar-refractivity contribution in [3.8, 4) is 0 Å². The van der Waals surface area contributed by atoms with E-state index in [9.17, 15) is 4.79 Å². The summed E-state index contributed by atoms with van der Waals surface area (Å²) in [5.41, 5.74) is 0.143. The second-order valence-electron chi connectivity index (χ2n) is 2.38. The lowest BCUT2D eigenvalue weighted by Gasteiger charge is -2.09. The van der Waals surface area contributed by atoms with Crippen LogP contribution in [0.5, 0.6) is 0 Å². The number of rotatable bonds is 4. The van der Waals surface area contributed by atoms with Crippen molar-refractivity contribution in [2.45, 2.75) is 23.1 Å². The van der Waals surface area contributed by atoms with Gasteiger partial charge in [-0.2, -0.15) is 0 Å². The molecule has 0 atom stereocenters. The highest BCUT2D eigenvalue weighted by atomic mass is 35.6. The van der Waals surface area contributed by atoms with Gasteiger partial charge in [0.15, 0.2) is 3.79 Å². The first kappa shape index (κ1) is 12.1. The summed E-state index contributed by atoms with van der Waals surface area (Å²) in [6.07, 6.45) is 1.20. The summed E-state index contributed by atoms with van der Waals surface area (Å²) in [6.45, 7) is 3.34. The van der Waals surface area contributed by atoms with Gasteiger partial charge >= 0.3 is 5.97 Å². The highest BCUT2D eigenvalue weighted by Gasteiger charge is 2.19. The number of aliphatic carboxylic acids is 1. The summed E-state index contributed by atoms with van der Waals surface area (Å²) in [7, 11) is 0. The van der Waals surface area contributed by atoms with Gasteiger partial charge in [0.2, 0.25) is 0 Å². The van der Waals surface area contributed by atoms with Crippen molar-refractivity contribution in [2.24, 2.45) is 0 Å². The van der Waals surface area contributed by atoms with Crippen LogP contribution < -0.4 is 0 Å². The summed E-state index contributed by atoms with van der Waals surface area (Å²) < 4.78 is -1.29. The van der Waals surface area contributed by atoms with Crippen LogP contribution in [0.15, 0.2) is 12.2 Å². The smallest absolute Gasteiger partial charge is 0.330 e. The Morgan fingerprint density at radius 3 is 2.25 bits per heavy atom. The predicted molar refractivity (Wildman–Crippen MR) is 50.9 cm³/mol. The predicted octanol–water partition coefficient (Wildman–Crippen LogP) is 3.17. The van der Waals surface area contributed by atoms with Gasteiger partial charge in [0.25, 0.3) is 0 Å². The van der Waals surface area contributed by atoms with Gasteiger partial charge in [-0.1, -0.05) is 41.4 Å². The molecule has 0 saturated heterocycles. The van der Waals surface area contributed by atoms with Crippen molar-refractivity contribution >= 4 is 40.8 Å². The Morgan fingerprint density at radius 2 is 1.92 bits per heavy atom. The van der Waals surface area contributed by atoms with E-state index >= 15 is 0 Å². The Balaban J connectivity index is 3.58. The van der Waals surface area contributed by atoms with Crippen molar-refractivity contribution < 1.29 is 9.90 Å². The maximum atomic E-state index is 10.3. The van der Waals surface area contributed by atoms with Gasteiger partial charge in [-0.05, 0) is 19.3 Å². The number of carboxylic acids is 1. The van der Waals surface area contributed by atoms with E-state index in [2.05, 4.69) is 6.58 Å². The summed E-state index contributed by atoms with van der Waals surface area (Å²) in [6, 6.07) is 0. The molecule has 0 rings (SSSR count). The number of alkyl halides is 3. The molecule has 0 aromatic rings. The molecule has 0 saturated carbocycles. The second kappa shape index (κ2) is 4.95. The number of carbonyl (C=O) groups is 1. The number of carboxylic acid groups (broad SMARTS) is 1. The molecule has 0 heterocycles. The molecule has 0 bridgehead atoms. The Kier molecular flexibility index (Phi) is 4.98. The van der Waals surface area contributed by atoms with Crippen molar-refractivity contribution in [2.75, 3.05) is 0 Å². The topological polar surface area (TPSA) is 37.3 Å². The standard InChI is InChI=1S/C7H9Cl3O2/c1-5(6(11)12)3-2-4-7(8,9)10/h1-4H2,(H,11,12). The fourth-order valence-electron chi connectivity index (χ4n) is 0.609. The molecule has 0 aliphatic carbocycles. The summed E-state index contributed by atoms with van der Waals surface area (Å²) in [5.74, 6) is -1.00. The van der Waals surface area contributed by atoms with E-state index in [-0.39, 0.29) is 5.57 Å². The number of hydrogen-bond acceptors (Lipinski definition) is 1. The molecule has 0 spiro atoms. The zero-order valence-corrected chi connectivity index (χ0v) is 8.59. The molecule has 0 fully saturated rings. The minimum atomic E-state index is -1.29. The van der Waals surface area contributed by atoms with E-state index < -0.39 is 9.76 Å². The molecule has 0 aliphatic heterocycles. The van der Waals surface area contributed by atoms with Crippen LogP contribution >= 0.6 is 34.8 Å².